The predicted molar refractivity (Wildman–Crippen MR) is 538 cm³/mol. The molecule has 0 unspecified atom stereocenters. The number of hydrogen-bond donors (Lipinski definition) is 0. The number of unbranched alkanes of at least 4 members (excludes halogenated alkanes) is 1. The van der Waals surface area contributed by atoms with Crippen LogP contribution in [0.4, 0.5) is 0 Å². The second kappa shape index (κ2) is 31.3. The minimum atomic E-state index is -0.0471. The zero-order valence-corrected chi connectivity index (χ0v) is 70.2. The van der Waals surface area contributed by atoms with Gasteiger partial charge in [0, 0.05) is 145 Å². The van der Waals surface area contributed by atoms with Crippen LogP contribution in [-0.4, -0.2) is 42.4 Å². The molecule has 9 heteroatoms. The minimum absolute atomic E-state index is 0.0471. The van der Waals surface area contributed by atoms with Gasteiger partial charge in [-0.3, -0.25) is 9.36 Å². The summed E-state index contributed by atoms with van der Waals surface area (Å²) in [6.45, 7) is 21.7. The third kappa shape index (κ3) is 12.2. The standard InChI is InChI=1S/C33H24N2.C32H22N2.C26H24N2O.C26H18N2/c1-2-23-16-18-24(19-17-23)22-34-29-14-8-6-12-26(29)27-20-21-31-32(33(27)34)28-13-7-9-15-30(28)35(31)25-10-4-3-5-11-25;1-2-22-16-18-24(19-17-22)34-28-14-8-6-12-25(28)26-20-21-30-31(32(26)34)27-13-7-9-15-29(27)33(30)23-10-4-3-5-11-23;1-4-5-16-27-21-12-8-7-11-20(21)24-23(27)15-14-19-18-10-6-9-13-22(18)28(25(19)24)26(29)17(2)3;1-2-27-22-14-8-6-12-19(22)20-16-17-24-25(26(20)27)21-13-7-9-15-23(21)28(24)18-10-4-3-5-11-18/h2-21H,1,22H2;2-21H,1H2;6-15H,2,4-5,16H2,1,3H3;2-17H,1H2. The van der Waals surface area contributed by atoms with E-state index in [4.69, 9.17) is 0 Å². The van der Waals surface area contributed by atoms with E-state index in [-0.39, 0.29) is 5.91 Å². The highest BCUT2D eigenvalue weighted by atomic mass is 16.2. The van der Waals surface area contributed by atoms with Crippen molar-refractivity contribution in [3.8, 4) is 22.7 Å². The van der Waals surface area contributed by atoms with E-state index in [2.05, 4.69) is 429 Å². The van der Waals surface area contributed by atoms with Crippen molar-refractivity contribution in [2.24, 2.45) is 0 Å². The molecule has 8 heterocycles. The van der Waals surface area contributed by atoms with Gasteiger partial charge in [-0.25, -0.2) is 0 Å². The minimum Gasteiger partial charge on any atom is -0.340 e. The smallest absolute Gasteiger partial charge is 0.257 e. The van der Waals surface area contributed by atoms with Crippen molar-refractivity contribution < 1.29 is 4.79 Å². The second-order valence-corrected chi connectivity index (χ2v) is 32.7. The molecule has 0 saturated carbocycles. The van der Waals surface area contributed by atoms with Crippen molar-refractivity contribution in [3.05, 3.63) is 431 Å². The first-order valence-electron chi connectivity index (χ1n) is 43.4. The van der Waals surface area contributed by atoms with Crippen LogP contribution >= 0.6 is 0 Å². The lowest BCUT2D eigenvalue weighted by Crippen LogP contribution is -2.10. The van der Waals surface area contributed by atoms with Gasteiger partial charge in [-0.15, -0.1) is 0 Å². The third-order valence-electron chi connectivity index (χ3n) is 25.6. The average Bonchev–Trinajstić information content (AvgIpc) is 1.56. The number of carbonyl (C=O) groups excluding carboxylic acids is 1. The number of fused-ring (bicyclic) bond motifs is 28. The Labute approximate surface area is 728 Å². The lowest BCUT2D eigenvalue weighted by Gasteiger charge is -2.10. The van der Waals surface area contributed by atoms with E-state index in [1.165, 1.54) is 170 Å². The summed E-state index contributed by atoms with van der Waals surface area (Å²) in [4.78, 5) is 13.2. The quantitative estimate of drug-likeness (QED) is 0.106. The van der Waals surface area contributed by atoms with Gasteiger partial charge in [0.05, 0.1) is 77.2 Å². The number of rotatable bonds is 13. The van der Waals surface area contributed by atoms with Crippen molar-refractivity contribution in [3.63, 3.8) is 0 Å². The van der Waals surface area contributed by atoms with E-state index < -0.39 is 0 Å². The molecule has 0 saturated heterocycles. The molecular weight excluding hydrogens is 1530 g/mol. The number of benzene rings is 17. The Bertz CT molecular complexity index is 8690. The van der Waals surface area contributed by atoms with E-state index in [1.54, 1.807) is 6.92 Å². The highest BCUT2D eigenvalue weighted by Crippen LogP contribution is 2.47. The highest BCUT2D eigenvalue weighted by molar-refractivity contribution is 6.31. The van der Waals surface area contributed by atoms with Gasteiger partial charge in [0.1, 0.15) is 0 Å². The molecule has 0 atom stereocenters. The fourth-order valence-electron chi connectivity index (χ4n) is 20.1. The fourth-order valence-corrected chi connectivity index (χ4v) is 20.1. The Morgan fingerprint density at radius 2 is 0.603 bits per heavy atom. The number of para-hydroxylation sites is 11. The van der Waals surface area contributed by atoms with Gasteiger partial charge in [-0.2, -0.15) is 0 Å². The molecule has 0 amide bonds. The van der Waals surface area contributed by atoms with E-state index in [0.717, 1.165) is 69.9 Å². The molecule has 25 aromatic rings. The number of aryl methyl sites for hydroxylation is 1. The number of nitrogens with zero attached hydrogens (tertiary/aromatic N) is 8. The molecule has 0 bridgehead atoms. The monoisotopic (exact) mass is 1620 g/mol. The van der Waals surface area contributed by atoms with Gasteiger partial charge in [0.25, 0.3) is 5.91 Å². The Morgan fingerprint density at radius 3 is 1.06 bits per heavy atom. The molecule has 17 aromatic carbocycles. The van der Waals surface area contributed by atoms with Gasteiger partial charge in [-0.1, -0.05) is 313 Å². The van der Waals surface area contributed by atoms with Crippen molar-refractivity contribution in [1.29, 1.82) is 0 Å². The third-order valence-corrected chi connectivity index (χ3v) is 25.6. The van der Waals surface area contributed by atoms with E-state index in [0.29, 0.717) is 5.57 Å². The Hall–Kier alpha value is -16.2. The first kappa shape index (κ1) is 75.9. The molecule has 0 N–H and O–H groups in total. The van der Waals surface area contributed by atoms with Gasteiger partial charge in [0.15, 0.2) is 0 Å². The van der Waals surface area contributed by atoms with Crippen LogP contribution in [0.2, 0.25) is 0 Å². The Kier molecular flexibility index (Phi) is 18.9. The molecule has 9 nitrogen and oxygen atoms in total. The summed E-state index contributed by atoms with van der Waals surface area (Å²) < 4.78 is 18.5. The number of hydrogen-bond acceptors (Lipinski definition) is 1. The maximum absolute atomic E-state index is 13.2. The van der Waals surface area contributed by atoms with E-state index >= 15 is 0 Å². The maximum atomic E-state index is 13.2. The normalized spacial score (nSPS) is 11.7. The molecular formula is C117H88N8O. The van der Waals surface area contributed by atoms with Gasteiger partial charge < -0.3 is 32.0 Å². The molecule has 0 spiro atoms. The Balaban J connectivity index is 0.0000000998. The molecule has 0 radical (unpaired) electrons. The summed E-state index contributed by atoms with van der Waals surface area (Å²) in [5.41, 5.74) is 27.9. The van der Waals surface area contributed by atoms with Crippen LogP contribution in [0.5, 0.6) is 0 Å². The SMILES string of the molecule is C=C(C)C(=O)n1c2ccccc2c2ccc3c(c4ccccc4n3CCCC)c21.C=Cc1ccc(-n2c3ccccc3c3ccc4c(c5ccccc5n4-c4ccccc4)c32)cc1.C=Cc1ccc(Cn2c3ccccc3c3ccc4c(c5ccccc5n4-c4ccccc4)c32)cc1.C=Cn1c2ccccc2c2ccc3c(c4ccccc4n3-c3ccccc3)c21. The molecule has 0 fully saturated rings. The Morgan fingerprint density at radius 1 is 0.278 bits per heavy atom. The summed E-state index contributed by atoms with van der Waals surface area (Å²) in [7, 11) is 0. The van der Waals surface area contributed by atoms with E-state index in [9.17, 15) is 4.79 Å². The number of aromatic nitrogens is 8. The van der Waals surface area contributed by atoms with Gasteiger partial charge in [0.2, 0.25) is 0 Å². The van der Waals surface area contributed by atoms with Crippen molar-refractivity contribution >= 4 is 199 Å². The number of allylic oxidation sites excluding steroid dienone is 1. The molecule has 602 valence electrons. The summed E-state index contributed by atoms with van der Waals surface area (Å²) in [6, 6.07) is 136. The molecule has 0 aliphatic heterocycles. The van der Waals surface area contributed by atoms with Gasteiger partial charge in [-0.05, 0) is 151 Å². The van der Waals surface area contributed by atoms with Crippen LogP contribution in [0.25, 0.3) is 216 Å². The molecule has 0 aliphatic rings. The largest absolute Gasteiger partial charge is 0.340 e. The lowest BCUT2D eigenvalue weighted by atomic mass is 10.1. The van der Waals surface area contributed by atoms with Gasteiger partial charge >= 0.3 is 0 Å². The molecule has 25 rings (SSSR count). The van der Waals surface area contributed by atoms with Crippen molar-refractivity contribution in [2.45, 2.75) is 39.8 Å². The summed E-state index contributed by atoms with van der Waals surface area (Å²) in [5.74, 6) is -0.0471. The van der Waals surface area contributed by atoms with E-state index in [1.807, 2.05) is 41.1 Å². The topological polar surface area (TPSA) is 56.5 Å². The fraction of sp³-hybridized carbons (Fsp3) is 0.0513. The molecule has 8 aromatic heterocycles. The molecule has 126 heavy (non-hydrogen) atoms. The lowest BCUT2D eigenvalue weighted by molar-refractivity contribution is 0.0965. The van der Waals surface area contributed by atoms with Crippen LogP contribution in [0, 0.1) is 0 Å². The first-order valence-corrected chi connectivity index (χ1v) is 43.4. The highest BCUT2D eigenvalue weighted by Gasteiger charge is 2.27. The average molecular weight is 1620 g/mol. The zero-order valence-electron chi connectivity index (χ0n) is 70.2. The second-order valence-electron chi connectivity index (χ2n) is 32.7. The van der Waals surface area contributed by atoms with Crippen molar-refractivity contribution in [2.75, 3.05) is 0 Å². The maximum Gasteiger partial charge on any atom is 0.257 e. The van der Waals surface area contributed by atoms with Crippen LogP contribution in [0.1, 0.15) is 48.2 Å². The van der Waals surface area contributed by atoms with Crippen LogP contribution in [0.15, 0.2) is 414 Å². The summed E-state index contributed by atoms with van der Waals surface area (Å²) in [5, 5.41) is 19.9. The summed E-state index contributed by atoms with van der Waals surface area (Å²) >= 11 is 0. The first-order chi connectivity index (χ1) is 62.2. The zero-order chi connectivity index (χ0) is 84.8. The summed E-state index contributed by atoms with van der Waals surface area (Å²) in [6.07, 6.45) is 7.98. The molecule has 0 aliphatic carbocycles. The number of carbonyl (C=O) groups is 1. The van der Waals surface area contributed by atoms with Crippen LogP contribution in [0.3, 0.4) is 0 Å². The van der Waals surface area contributed by atoms with Crippen molar-refractivity contribution in [1.82, 2.24) is 36.5 Å². The van der Waals surface area contributed by atoms with Crippen LogP contribution < -0.4 is 0 Å². The predicted octanol–water partition coefficient (Wildman–Crippen LogP) is 31.0. The van der Waals surface area contributed by atoms with Crippen LogP contribution in [-0.2, 0) is 13.1 Å².